The Kier molecular flexibility index (Phi) is 9.84. The van der Waals surface area contributed by atoms with Crippen LogP contribution in [-0.4, -0.2) is 40.5 Å². The highest BCUT2D eigenvalue weighted by atomic mass is 35.5. The summed E-state index contributed by atoms with van der Waals surface area (Å²) in [5, 5.41) is 21.1. The lowest BCUT2D eigenvalue weighted by molar-refractivity contribution is -0.192. The van der Waals surface area contributed by atoms with Gasteiger partial charge in [0.2, 0.25) is 0 Å². The van der Waals surface area contributed by atoms with Gasteiger partial charge in [0.1, 0.15) is 0 Å². The minimum Gasteiger partial charge on any atom is -0.475 e. The van der Waals surface area contributed by atoms with Gasteiger partial charge < -0.3 is 15.5 Å². The molecule has 33 heavy (non-hydrogen) atoms. The number of halogens is 4. The number of nitrogens with zero attached hydrogens (tertiary/aromatic N) is 1. The van der Waals surface area contributed by atoms with E-state index in [-0.39, 0.29) is 18.6 Å². The number of carboxylic acids is 1. The van der Waals surface area contributed by atoms with Gasteiger partial charge in [0.05, 0.1) is 6.61 Å². The monoisotopic (exact) mass is 480 g/mol. The van der Waals surface area contributed by atoms with E-state index in [0.29, 0.717) is 11.6 Å². The van der Waals surface area contributed by atoms with Gasteiger partial charge in [0.15, 0.2) is 0 Å². The molecule has 3 rings (SSSR count). The number of aliphatic carboxylic acids is 1. The molecule has 0 aliphatic rings. The Bertz CT molecular complexity index is 1020. The number of aromatic nitrogens is 1. The van der Waals surface area contributed by atoms with Crippen molar-refractivity contribution in [3.8, 4) is 11.1 Å². The Morgan fingerprint density at radius 1 is 1.03 bits per heavy atom. The molecule has 2 unspecified atom stereocenters. The van der Waals surface area contributed by atoms with E-state index < -0.39 is 12.1 Å². The summed E-state index contributed by atoms with van der Waals surface area (Å²) in [4.78, 5) is 13.0. The Labute approximate surface area is 194 Å². The van der Waals surface area contributed by atoms with Gasteiger partial charge >= 0.3 is 12.1 Å². The first kappa shape index (κ1) is 26.3. The molecule has 0 fully saturated rings. The molecular formula is C24H24ClF3N2O3. The summed E-state index contributed by atoms with van der Waals surface area (Å²) >= 11 is 5.95. The van der Waals surface area contributed by atoms with Crippen LogP contribution in [0.1, 0.15) is 30.0 Å². The van der Waals surface area contributed by atoms with Gasteiger partial charge in [-0.05, 0) is 59.5 Å². The summed E-state index contributed by atoms with van der Waals surface area (Å²) in [6.45, 7) is 2.93. The average Bonchev–Trinajstić information content (AvgIpc) is 2.81. The molecule has 2 atom stereocenters. The summed E-state index contributed by atoms with van der Waals surface area (Å²) in [5.74, 6) is -2.72. The smallest absolute Gasteiger partial charge is 0.475 e. The highest BCUT2D eigenvalue weighted by Gasteiger charge is 2.38. The number of nitrogens with one attached hydrogen (secondary N) is 1. The fourth-order valence-electron chi connectivity index (χ4n) is 2.99. The zero-order valence-electron chi connectivity index (χ0n) is 17.8. The van der Waals surface area contributed by atoms with E-state index in [0.717, 1.165) is 11.1 Å². The van der Waals surface area contributed by atoms with Crippen molar-refractivity contribution in [2.75, 3.05) is 13.2 Å². The largest absolute Gasteiger partial charge is 0.490 e. The van der Waals surface area contributed by atoms with E-state index in [9.17, 15) is 18.3 Å². The predicted octanol–water partition coefficient (Wildman–Crippen LogP) is 5.46. The van der Waals surface area contributed by atoms with Crippen molar-refractivity contribution in [1.82, 2.24) is 10.3 Å². The second-order valence-electron chi connectivity index (χ2n) is 7.23. The third-order valence-electron chi connectivity index (χ3n) is 4.88. The van der Waals surface area contributed by atoms with Crippen molar-refractivity contribution in [3.05, 3.63) is 89.2 Å². The Balaban J connectivity index is 0.000000479. The lowest BCUT2D eigenvalue weighted by atomic mass is 9.98. The number of aliphatic hydroxyl groups is 1. The zero-order chi connectivity index (χ0) is 24.4. The lowest BCUT2D eigenvalue weighted by Crippen LogP contribution is -2.26. The first-order valence-electron chi connectivity index (χ1n) is 10.0. The molecule has 2 aromatic carbocycles. The van der Waals surface area contributed by atoms with Gasteiger partial charge in [-0.25, -0.2) is 4.79 Å². The number of alkyl halides is 3. The van der Waals surface area contributed by atoms with Crippen molar-refractivity contribution in [3.63, 3.8) is 0 Å². The Morgan fingerprint density at radius 3 is 2.18 bits per heavy atom. The maximum Gasteiger partial charge on any atom is 0.490 e. The van der Waals surface area contributed by atoms with E-state index in [4.69, 9.17) is 21.5 Å². The molecule has 0 saturated heterocycles. The molecular weight excluding hydrogens is 457 g/mol. The SMILES string of the molecule is CC(NCC(CO)c1ccc(Cl)cc1)c1cccc(-c2ccncc2)c1.O=C(O)C(F)(F)F. The third kappa shape index (κ3) is 8.49. The molecule has 0 spiro atoms. The van der Waals surface area contributed by atoms with Crippen molar-refractivity contribution in [2.24, 2.45) is 0 Å². The molecule has 3 N–H and O–H groups in total. The van der Waals surface area contributed by atoms with Crippen LogP contribution in [-0.2, 0) is 4.79 Å². The molecule has 0 radical (unpaired) electrons. The van der Waals surface area contributed by atoms with Crippen LogP contribution in [0.5, 0.6) is 0 Å². The molecule has 0 saturated carbocycles. The van der Waals surface area contributed by atoms with Crippen LogP contribution >= 0.6 is 11.6 Å². The number of rotatable bonds is 7. The van der Waals surface area contributed by atoms with Crippen LogP contribution in [0.4, 0.5) is 13.2 Å². The second-order valence-corrected chi connectivity index (χ2v) is 7.66. The number of aliphatic hydroxyl groups excluding tert-OH is 1. The van der Waals surface area contributed by atoms with Gasteiger partial charge in [0.25, 0.3) is 0 Å². The molecule has 9 heteroatoms. The normalized spacial score (nSPS) is 12.9. The summed E-state index contributed by atoms with van der Waals surface area (Å²) < 4.78 is 31.7. The van der Waals surface area contributed by atoms with Crippen LogP contribution in [0.3, 0.4) is 0 Å². The molecule has 5 nitrogen and oxygen atoms in total. The van der Waals surface area contributed by atoms with E-state index in [2.05, 4.69) is 41.5 Å². The maximum absolute atomic E-state index is 10.6. The summed E-state index contributed by atoms with van der Waals surface area (Å²) in [6, 6.07) is 20.4. The molecule has 0 bridgehead atoms. The zero-order valence-corrected chi connectivity index (χ0v) is 18.5. The molecule has 0 aliphatic carbocycles. The highest BCUT2D eigenvalue weighted by molar-refractivity contribution is 6.30. The lowest BCUT2D eigenvalue weighted by Gasteiger charge is -2.20. The standard InChI is InChI=1S/C22H23ClN2O.C2HF3O2/c1-16(25-14-21(15-26)17-5-7-22(23)8-6-17)19-3-2-4-20(13-19)18-9-11-24-12-10-18;3-2(4,5)1(6)7/h2-13,16,21,25-26H,14-15H2,1H3;(H,6,7). The maximum atomic E-state index is 10.6. The van der Waals surface area contributed by atoms with Crippen LogP contribution in [0.2, 0.25) is 5.02 Å². The molecule has 0 aliphatic heterocycles. The van der Waals surface area contributed by atoms with Crippen LogP contribution in [0.15, 0.2) is 73.1 Å². The molecule has 1 heterocycles. The van der Waals surface area contributed by atoms with Crippen LogP contribution in [0, 0.1) is 0 Å². The van der Waals surface area contributed by atoms with Gasteiger partial charge in [-0.2, -0.15) is 13.2 Å². The van der Waals surface area contributed by atoms with Crippen LogP contribution in [0.25, 0.3) is 11.1 Å². The minimum absolute atomic E-state index is 0.0399. The van der Waals surface area contributed by atoms with Gasteiger partial charge in [-0.1, -0.05) is 41.9 Å². The quantitative estimate of drug-likeness (QED) is 0.418. The van der Waals surface area contributed by atoms with Crippen molar-refractivity contribution in [1.29, 1.82) is 0 Å². The number of benzene rings is 2. The number of hydrogen-bond acceptors (Lipinski definition) is 4. The Hall–Kier alpha value is -2.94. The number of carboxylic acid groups (broad SMARTS) is 1. The molecule has 0 amide bonds. The fraction of sp³-hybridized carbons (Fsp3) is 0.250. The molecule has 3 aromatic rings. The average molecular weight is 481 g/mol. The molecule has 1 aromatic heterocycles. The van der Waals surface area contributed by atoms with E-state index >= 15 is 0 Å². The summed E-state index contributed by atoms with van der Waals surface area (Å²) in [7, 11) is 0. The number of hydrogen-bond donors (Lipinski definition) is 3. The number of pyridine rings is 1. The van der Waals surface area contributed by atoms with E-state index in [1.54, 1.807) is 0 Å². The van der Waals surface area contributed by atoms with Crippen molar-refractivity contribution in [2.45, 2.75) is 25.1 Å². The predicted molar refractivity (Wildman–Crippen MR) is 121 cm³/mol. The van der Waals surface area contributed by atoms with Crippen LogP contribution < -0.4 is 5.32 Å². The fourth-order valence-corrected chi connectivity index (χ4v) is 3.12. The first-order chi connectivity index (χ1) is 15.6. The highest BCUT2D eigenvalue weighted by Crippen LogP contribution is 2.24. The van der Waals surface area contributed by atoms with Gasteiger partial charge in [-0.15, -0.1) is 0 Å². The summed E-state index contributed by atoms with van der Waals surface area (Å²) in [5.41, 5.74) is 4.63. The van der Waals surface area contributed by atoms with E-state index in [1.807, 2.05) is 48.8 Å². The van der Waals surface area contributed by atoms with E-state index in [1.165, 1.54) is 11.1 Å². The topological polar surface area (TPSA) is 82.5 Å². The number of carbonyl (C=O) groups is 1. The third-order valence-corrected chi connectivity index (χ3v) is 5.13. The van der Waals surface area contributed by atoms with Gasteiger partial charge in [0, 0.05) is 35.9 Å². The summed E-state index contributed by atoms with van der Waals surface area (Å²) in [6.07, 6.45) is -1.47. The van der Waals surface area contributed by atoms with Crippen molar-refractivity contribution >= 4 is 17.6 Å². The van der Waals surface area contributed by atoms with Gasteiger partial charge in [-0.3, -0.25) is 4.98 Å². The minimum atomic E-state index is -5.08. The Morgan fingerprint density at radius 2 is 1.64 bits per heavy atom. The second kappa shape index (κ2) is 12.3. The van der Waals surface area contributed by atoms with Crippen molar-refractivity contribution < 1.29 is 28.2 Å². The molecule has 176 valence electrons. The first-order valence-corrected chi connectivity index (χ1v) is 10.4.